The van der Waals surface area contributed by atoms with Crippen molar-refractivity contribution in [3.8, 4) is 11.4 Å². The van der Waals surface area contributed by atoms with Crippen molar-refractivity contribution >= 4 is 17.9 Å². The lowest BCUT2D eigenvalue weighted by molar-refractivity contribution is 0.0601. The van der Waals surface area contributed by atoms with Crippen molar-refractivity contribution in [1.29, 1.82) is 0 Å². The van der Waals surface area contributed by atoms with E-state index in [1.165, 1.54) is 7.11 Å². The first-order valence-electron chi connectivity index (χ1n) is 9.59. The lowest BCUT2D eigenvalue weighted by atomic mass is 10.1. The summed E-state index contributed by atoms with van der Waals surface area (Å²) in [6.45, 7) is 8.74. The van der Waals surface area contributed by atoms with Gasteiger partial charge in [-0.3, -0.25) is 4.99 Å². The van der Waals surface area contributed by atoms with Crippen LogP contribution >= 0.6 is 0 Å². The molecule has 0 amide bonds. The molecule has 0 aliphatic rings. The molecule has 1 aromatic heterocycles. The zero-order valence-corrected chi connectivity index (χ0v) is 17.5. The summed E-state index contributed by atoms with van der Waals surface area (Å²) in [7, 11) is 1.38. The van der Waals surface area contributed by atoms with Crippen molar-refractivity contribution < 1.29 is 14.3 Å². The average Bonchev–Trinajstić information content (AvgIpc) is 3.01. The maximum Gasteiger partial charge on any atom is 0.337 e. The maximum absolute atomic E-state index is 11.8. The molecule has 0 bridgehead atoms. The van der Waals surface area contributed by atoms with Crippen LogP contribution in [0.3, 0.4) is 0 Å². The highest BCUT2D eigenvalue weighted by molar-refractivity contribution is 5.91. The molecular formula is C24H26N2O3. The first-order chi connectivity index (χ1) is 13.9. The molecule has 29 heavy (non-hydrogen) atoms. The summed E-state index contributed by atoms with van der Waals surface area (Å²) < 4.78 is 12.5. The molecular weight excluding hydrogens is 364 g/mol. The van der Waals surface area contributed by atoms with Gasteiger partial charge in [0, 0.05) is 28.9 Å². The molecule has 0 aliphatic heterocycles. The van der Waals surface area contributed by atoms with Gasteiger partial charge in [-0.25, -0.2) is 4.79 Å². The third-order valence-corrected chi connectivity index (χ3v) is 4.85. The number of carbonyl (C=O) groups is 1. The summed E-state index contributed by atoms with van der Waals surface area (Å²) in [5, 5.41) is 0. The lowest BCUT2D eigenvalue weighted by Gasteiger charge is -2.11. The molecule has 5 heteroatoms. The molecule has 0 saturated heterocycles. The van der Waals surface area contributed by atoms with Crippen LogP contribution in [0.1, 0.15) is 39.8 Å². The minimum atomic E-state index is -0.366. The summed E-state index contributed by atoms with van der Waals surface area (Å²) in [6, 6.07) is 15.5. The fraction of sp³-hybridized carbons (Fsp3) is 0.250. The molecule has 2 aromatic carbocycles. The molecule has 0 N–H and O–H groups in total. The highest BCUT2D eigenvalue weighted by Gasteiger charge is 2.11. The second-order valence-corrected chi connectivity index (χ2v) is 6.84. The summed E-state index contributed by atoms with van der Waals surface area (Å²) in [6.07, 6.45) is 1.84. The monoisotopic (exact) mass is 390 g/mol. The summed E-state index contributed by atoms with van der Waals surface area (Å²) in [4.78, 5) is 16.4. The average molecular weight is 390 g/mol. The van der Waals surface area contributed by atoms with Crippen molar-refractivity contribution in [1.82, 2.24) is 4.57 Å². The molecule has 0 fully saturated rings. The van der Waals surface area contributed by atoms with E-state index >= 15 is 0 Å². The number of ether oxygens (including phenoxy) is 2. The number of esters is 1. The molecule has 0 radical (unpaired) electrons. The second-order valence-electron chi connectivity index (χ2n) is 6.84. The van der Waals surface area contributed by atoms with Gasteiger partial charge in [-0.1, -0.05) is 6.07 Å². The predicted octanol–water partition coefficient (Wildman–Crippen LogP) is 5.34. The van der Waals surface area contributed by atoms with Crippen molar-refractivity contribution in [2.75, 3.05) is 13.7 Å². The number of methoxy groups -OCH3 is 1. The number of hydrogen-bond acceptors (Lipinski definition) is 4. The SMILES string of the molecule is CCOc1ccc(-n2c(C)cc(C=Nc3cc(C(=O)OC)ccc3C)c2C)cc1. The second kappa shape index (κ2) is 8.78. The quantitative estimate of drug-likeness (QED) is 0.422. The largest absolute Gasteiger partial charge is 0.494 e. The van der Waals surface area contributed by atoms with Gasteiger partial charge in [0.25, 0.3) is 0 Å². The molecule has 3 rings (SSSR count). The Labute approximate surface area is 171 Å². The fourth-order valence-electron chi connectivity index (χ4n) is 3.31. The third kappa shape index (κ3) is 4.40. The van der Waals surface area contributed by atoms with Crippen molar-refractivity contribution in [3.05, 3.63) is 76.6 Å². The van der Waals surface area contributed by atoms with Gasteiger partial charge in [0.1, 0.15) is 5.75 Å². The van der Waals surface area contributed by atoms with Crippen LogP contribution < -0.4 is 4.74 Å². The zero-order valence-electron chi connectivity index (χ0n) is 17.5. The smallest absolute Gasteiger partial charge is 0.337 e. The van der Waals surface area contributed by atoms with E-state index in [4.69, 9.17) is 9.47 Å². The van der Waals surface area contributed by atoms with Gasteiger partial charge < -0.3 is 14.0 Å². The third-order valence-electron chi connectivity index (χ3n) is 4.85. The van der Waals surface area contributed by atoms with Gasteiger partial charge in [0.05, 0.1) is 25.0 Å². The Morgan fingerprint density at radius 3 is 2.45 bits per heavy atom. The van der Waals surface area contributed by atoms with Crippen LogP contribution in [0, 0.1) is 20.8 Å². The molecule has 150 valence electrons. The predicted molar refractivity (Wildman–Crippen MR) is 116 cm³/mol. The van der Waals surface area contributed by atoms with Crippen LogP contribution in [0.5, 0.6) is 5.75 Å². The molecule has 0 saturated carbocycles. The Balaban J connectivity index is 1.92. The van der Waals surface area contributed by atoms with E-state index in [0.29, 0.717) is 12.2 Å². The van der Waals surface area contributed by atoms with Crippen LogP contribution in [-0.4, -0.2) is 30.5 Å². The number of aromatic nitrogens is 1. The summed E-state index contributed by atoms with van der Waals surface area (Å²) in [5.41, 5.74) is 6.55. The number of benzene rings is 2. The highest BCUT2D eigenvalue weighted by atomic mass is 16.5. The van der Waals surface area contributed by atoms with Crippen LogP contribution in [0.2, 0.25) is 0 Å². The molecule has 1 heterocycles. The van der Waals surface area contributed by atoms with Crippen molar-refractivity contribution in [2.24, 2.45) is 4.99 Å². The number of aryl methyl sites for hydroxylation is 2. The van der Waals surface area contributed by atoms with E-state index < -0.39 is 0 Å². The molecule has 0 atom stereocenters. The standard InChI is InChI=1S/C24H26N2O3/c1-6-29-22-11-9-21(10-12-22)26-17(3)13-20(18(26)4)15-25-23-14-19(24(27)28-5)8-7-16(23)2/h7-15H,6H2,1-5H3. The van der Waals surface area contributed by atoms with Gasteiger partial charge in [-0.15, -0.1) is 0 Å². The topological polar surface area (TPSA) is 52.8 Å². The Bertz CT molecular complexity index is 1050. The minimum Gasteiger partial charge on any atom is -0.494 e. The Morgan fingerprint density at radius 1 is 1.07 bits per heavy atom. The molecule has 0 unspecified atom stereocenters. The lowest BCUT2D eigenvalue weighted by Crippen LogP contribution is -2.01. The van der Waals surface area contributed by atoms with Crippen LogP contribution in [0.25, 0.3) is 5.69 Å². The van der Waals surface area contributed by atoms with Gasteiger partial charge >= 0.3 is 5.97 Å². The Morgan fingerprint density at radius 2 is 1.79 bits per heavy atom. The van der Waals surface area contributed by atoms with E-state index in [2.05, 4.69) is 41.6 Å². The van der Waals surface area contributed by atoms with E-state index in [0.717, 1.165) is 39.6 Å². The normalized spacial score (nSPS) is 11.1. The number of carbonyl (C=O) groups excluding carboxylic acids is 1. The Kier molecular flexibility index (Phi) is 6.17. The summed E-state index contributed by atoms with van der Waals surface area (Å²) >= 11 is 0. The zero-order chi connectivity index (χ0) is 21.0. The van der Waals surface area contributed by atoms with Crippen molar-refractivity contribution in [2.45, 2.75) is 27.7 Å². The van der Waals surface area contributed by atoms with E-state index in [-0.39, 0.29) is 5.97 Å². The van der Waals surface area contributed by atoms with Gasteiger partial charge in [-0.2, -0.15) is 0 Å². The van der Waals surface area contributed by atoms with Gasteiger partial charge in [0.15, 0.2) is 0 Å². The number of aliphatic imine (C=N–C) groups is 1. The summed E-state index contributed by atoms with van der Waals surface area (Å²) in [5.74, 6) is 0.497. The van der Waals surface area contributed by atoms with Gasteiger partial charge in [0.2, 0.25) is 0 Å². The van der Waals surface area contributed by atoms with E-state index in [1.807, 2.05) is 38.3 Å². The fourth-order valence-corrected chi connectivity index (χ4v) is 3.31. The Hall–Kier alpha value is -3.34. The van der Waals surface area contributed by atoms with Crippen molar-refractivity contribution in [3.63, 3.8) is 0 Å². The van der Waals surface area contributed by atoms with Gasteiger partial charge in [-0.05, 0) is 75.7 Å². The van der Waals surface area contributed by atoms with E-state index in [1.54, 1.807) is 12.1 Å². The number of hydrogen-bond donors (Lipinski definition) is 0. The number of rotatable bonds is 6. The molecule has 0 spiro atoms. The molecule has 5 nitrogen and oxygen atoms in total. The van der Waals surface area contributed by atoms with Crippen LogP contribution in [0.15, 0.2) is 53.5 Å². The highest BCUT2D eigenvalue weighted by Crippen LogP contribution is 2.24. The number of nitrogens with zero attached hydrogens (tertiary/aromatic N) is 2. The first kappa shape index (κ1) is 20.4. The molecule has 0 aliphatic carbocycles. The minimum absolute atomic E-state index is 0.366. The first-order valence-corrected chi connectivity index (χ1v) is 9.59. The molecule has 3 aromatic rings. The van der Waals surface area contributed by atoms with Crippen LogP contribution in [0.4, 0.5) is 5.69 Å². The maximum atomic E-state index is 11.8. The van der Waals surface area contributed by atoms with E-state index in [9.17, 15) is 4.79 Å². The van der Waals surface area contributed by atoms with Crippen LogP contribution in [-0.2, 0) is 4.74 Å².